The number of hydrogen-bond acceptors (Lipinski definition) is 3. The van der Waals surface area contributed by atoms with Gasteiger partial charge in [0.25, 0.3) is 0 Å². The molecule has 2 bridgehead atoms. The highest BCUT2D eigenvalue weighted by molar-refractivity contribution is 5.80. The van der Waals surface area contributed by atoms with E-state index in [0.29, 0.717) is 30.0 Å². The van der Waals surface area contributed by atoms with Crippen LogP contribution in [0.4, 0.5) is 0 Å². The maximum absolute atomic E-state index is 12.6. The van der Waals surface area contributed by atoms with Gasteiger partial charge in [0.2, 0.25) is 5.91 Å². The minimum absolute atomic E-state index is 0.294. The number of carbonyl (C=O) groups is 1. The molecule has 4 saturated heterocycles. The van der Waals surface area contributed by atoms with Gasteiger partial charge in [0, 0.05) is 37.1 Å². The lowest BCUT2D eigenvalue weighted by atomic mass is 9.83. The third-order valence-electron chi connectivity index (χ3n) is 4.89. The van der Waals surface area contributed by atoms with Crippen molar-refractivity contribution >= 4 is 5.91 Å². The Kier molecular flexibility index (Phi) is 3.32. The summed E-state index contributed by atoms with van der Waals surface area (Å²) in [5, 5.41) is 3.34. The molecule has 4 aliphatic heterocycles. The highest BCUT2D eigenvalue weighted by Crippen LogP contribution is 2.35. The summed E-state index contributed by atoms with van der Waals surface area (Å²) in [7, 11) is 0. The molecule has 0 aliphatic carbocycles. The number of piperazine rings is 1. The van der Waals surface area contributed by atoms with Crippen LogP contribution in [0.15, 0.2) is 0 Å². The number of nitrogens with one attached hydrogen (secondary N) is 1. The molecule has 4 heterocycles. The number of carbonyl (C=O) groups excluding carboxylic acids is 1. The lowest BCUT2D eigenvalue weighted by Gasteiger charge is -2.58. The van der Waals surface area contributed by atoms with Crippen LogP contribution in [0.25, 0.3) is 0 Å². The smallest absolute Gasteiger partial charge is 0.226 e. The molecule has 4 rings (SSSR count). The second-order valence-electron chi connectivity index (χ2n) is 6.36. The molecule has 4 heteroatoms. The van der Waals surface area contributed by atoms with E-state index in [4.69, 9.17) is 0 Å². The maximum atomic E-state index is 12.6. The van der Waals surface area contributed by atoms with Gasteiger partial charge in [-0.15, -0.1) is 0 Å². The van der Waals surface area contributed by atoms with Crippen molar-refractivity contribution < 1.29 is 4.79 Å². The second-order valence-corrected chi connectivity index (χ2v) is 6.36. The molecule has 4 aliphatic rings. The van der Waals surface area contributed by atoms with Gasteiger partial charge >= 0.3 is 0 Å². The van der Waals surface area contributed by atoms with E-state index in [1.165, 1.54) is 6.42 Å². The van der Waals surface area contributed by atoms with Gasteiger partial charge in [0.15, 0.2) is 0 Å². The zero-order chi connectivity index (χ0) is 12.7. The number of rotatable bonds is 2. The second kappa shape index (κ2) is 4.82. The zero-order valence-corrected chi connectivity index (χ0v) is 11.6. The van der Waals surface area contributed by atoms with Crippen LogP contribution in [0.2, 0.25) is 0 Å². The predicted octanol–water partition coefficient (Wildman–Crippen LogP) is 0.680. The fraction of sp³-hybridized carbons (Fsp3) is 0.929. The first-order chi connectivity index (χ1) is 8.66. The third kappa shape index (κ3) is 2.05. The van der Waals surface area contributed by atoms with E-state index in [2.05, 4.69) is 29.0 Å². The third-order valence-corrected chi connectivity index (χ3v) is 4.89. The Morgan fingerprint density at radius 2 is 1.78 bits per heavy atom. The van der Waals surface area contributed by atoms with Crippen molar-refractivity contribution in [1.82, 2.24) is 15.1 Å². The minimum Gasteiger partial charge on any atom is -0.334 e. The highest BCUT2D eigenvalue weighted by atomic mass is 16.2. The fourth-order valence-electron chi connectivity index (χ4n) is 3.70. The summed E-state index contributed by atoms with van der Waals surface area (Å²) in [6, 6.07) is 1.63. The van der Waals surface area contributed by atoms with Gasteiger partial charge in [-0.1, -0.05) is 0 Å². The summed E-state index contributed by atoms with van der Waals surface area (Å²) in [5.74, 6) is 0.739. The summed E-state index contributed by atoms with van der Waals surface area (Å²) in [5.41, 5.74) is 0. The van der Waals surface area contributed by atoms with Crippen LogP contribution in [-0.2, 0) is 4.79 Å². The quantitative estimate of drug-likeness (QED) is 0.784. The molecule has 4 nitrogen and oxygen atoms in total. The number of hydrogen-bond donors (Lipinski definition) is 1. The fourth-order valence-corrected chi connectivity index (χ4v) is 3.70. The topological polar surface area (TPSA) is 35.6 Å². The molecule has 0 saturated carbocycles. The molecule has 18 heavy (non-hydrogen) atoms. The monoisotopic (exact) mass is 251 g/mol. The van der Waals surface area contributed by atoms with Gasteiger partial charge < -0.3 is 10.2 Å². The molecule has 2 atom stereocenters. The van der Waals surface area contributed by atoms with Crippen LogP contribution in [0.1, 0.15) is 33.1 Å². The van der Waals surface area contributed by atoms with Crippen molar-refractivity contribution in [2.45, 2.75) is 51.2 Å². The van der Waals surface area contributed by atoms with Crippen molar-refractivity contribution in [2.24, 2.45) is 5.92 Å². The van der Waals surface area contributed by atoms with E-state index >= 15 is 0 Å². The number of amides is 1. The molecule has 0 aromatic rings. The largest absolute Gasteiger partial charge is 0.334 e. The summed E-state index contributed by atoms with van der Waals surface area (Å²) < 4.78 is 0. The lowest BCUT2D eigenvalue weighted by Crippen LogP contribution is -2.71. The molecule has 0 aromatic heterocycles. The van der Waals surface area contributed by atoms with Crippen LogP contribution in [-0.4, -0.2) is 60.0 Å². The van der Waals surface area contributed by atoms with Crippen molar-refractivity contribution in [3.05, 3.63) is 0 Å². The maximum Gasteiger partial charge on any atom is 0.226 e. The van der Waals surface area contributed by atoms with E-state index in [9.17, 15) is 4.79 Å². The van der Waals surface area contributed by atoms with Gasteiger partial charge in [-0.2, -0.15) is 0 Å². The van der Waals surface area contributed by atoms with Crippen LogP contribution in [0.3, 0.4) is 0 Å². The van der Waals surface area contributed by atoms with Gasteiger partial charge in [-0.3, -0.25) is 9.69 Å². The van der Waals surface area contributed by atoms with Gasteiger partial charge in [0.05, 0.1) is 0 Å². The van der Waals surface area contributed by atoms with E-state index in [0.717, 1.165) is 39.0 Å². The molecule has 102 valence electrons. The summed E-state index contributed by atoms with van der Waals surface area (Å²) in [6.07, 6.45) is 3.30. The first-order valence-corrected chi connectivity index (χ1v) is 7.43. The molecular weight excluding hydrogens is 226 g/mol. The first-order valence-electron chi connectivity index (χ1n) is 7.43. The standard InChI is InChI=1S/C14H25N3O/c1-10(2)16-8-12-7-13(9-16)17(12)14(18)11-3-5-15-6-4-11/h10-13,15H,3-9H2,1-2H3. The molecule has 1 amide bonds. The van der Waals surface area contributed by atoms with Crippen LogP contribution in [0, 0.1) is 5.92 Å². The molecule has 0 radical (unpaired) electrons. The SMILES string of the molecule is CC(C)N1CC2CC(C1)N2C(=O)C1CCNCC1. The Balaban J connectivity index is 1.60. The normalized spacial score (nSPS) is 33.6. The van der Waals surface area contributed by atoms with Crippen molar-refractivity contribution in [3.63, 3.8) is 0 Å². The Bertz CT molecular complexity index is 313. The molecule has 1 N–H and O–H groups in total. The Morgan fingerprint density at radius 1 is 1.17 bits per heavy atom. The lowest BCUT2D eigenvalue weighted by molar-refractivity contribution is -0.160. The van der Waals surface area contributed by atoms with Crippen LogP contribution < -0.4 is 5.32 Å². The molecular formula is C14H25N3O. The van der Waals surface area contributed by atoms with Crippen molar-refractivity contribution in [1.29, 1.82) is 0 Å². The minimum atomic E-state index is 0.294. The molecule has 4 fully saturated rings. The molecule has 2 unspecified atom stereocenters. The van der Waals surface area contributed by atoms with E-state index in [1.807, 2.05) is 0 Å². The summed E-state index contributed by atoms with van der Waals surface area (Å²) in [6.45, 7) is 8.71. The average Bonchev–Trinajstić information content (AvgIpc) is 2.39. The van der Waals surface area contributed by atoms with E-state index < -0.39 is 0 Å². The first kappa shape index (κ1) is 12.4. The molecule has 0 spiro atoms. The number of nitrogens with zero attached hydrogens (tertiary/aromatic N) is 2. The number of fused-ring (bicyclic) bond motifs is 2. The van der Waals surface area contributed by atoms with E-state index in [-0.39, 0.29) is 0 Å². The zero-order valence-electron chi connectivity index (χ0n) is 11.6. The summed E-state index contributed by atoms with van der Waals surface area (Å²) in [4.78, 5) is 17.3. The van der Waals surface area contributed by atoms with Crippen LogP contribution >= 0.6 is 0 Å². The predicted molar refractivity (Wildman–Crippen MR) is 71.3 cm³/mol. The van der Waals surface area contributed by atoms with Gasteiger partial charge in [-0.05, 0) is 46.2 Å². The van der Waals surface area contributed by atoms with Crippen molar-refractivity contribution in [3.8, 4) is 0 Å². The van der Waals surface area contributed by atoms with E-state index in [1.54, 1.807) is 0 Å². The number of piperidine rings is 2. The van der Waals surface area contributed by atoms with Crippen LogP contribution in [0.5, 0.6) is 0 Å². The highest BCUT2D eigenvalue weighted by Gasteiger charge is 2.48. The Morgan fingerprint density at radius 3 is 2.33 bits per heavy atom. The average molecular weight is 251 g/mol. The van der Waals surface area contributed by atoms with Gasteiger partial charge in [0.1, 0.15) is 0 Å². The Hall–Kier alpha value is -0.610. The van der Waals surface area contributed by atoms with Gasteiger partial charge in [-0.25, -0.2) is 0 Å². The summed E-state index contributed by atoms with van der Waals surface area (Å²) >= 11 is 0. The Labute approximate surface area is 110 Å². The molecule has 0 aromatic carbocycles. The van der Waals surface area contributed by atoms with Crippen molar-refractivity contribution in [2.75, 3.05) is 26.2 Å².